The molecule has 0 aliphatic heterocycles. The highest BCUT2D eigenvalue weighted by molar-refractivity contribution is 7.88. The van der Waals surface area contributed by atoms with Crippen molar-refractivity contribution in [2.24, 2.45) is 0 Å². The summed E-state index contributed by atoms with van der Waals surface area (Å²) in [5.41, 5.74) is 4.38. The summed E-state index contributed by atoms with van der Waals surface area (Å²) in [5.74, 6) is 0.0100. The standard InChI is InChI=1S/C19H24N2O2S/c1-16(12-17-6-4-3-5-7-17)13-21-14-18-8-10-19(11-9-18)15-24(22,23)20-2/h3-12,20-21H,13-15H2,1-2H3/b16-12-. The highest BCUT2D eigenvalue weighted by atomic mass is 32.2. The highest BCUT2D eigenvalue weighted by Crippen LogP contribution is 2.08. The van der Waals surface area contributed by atoms with Gasteiger partial charge in [-0.2, -0.15) is 0 Å². The topological polar surface area (TPSA) is 58.2 Å². The molecule has 0 aliphatic carbocycles. The third-order valence-electron chi connectivity index (χ3n) is 3.64. The molecule has 0 saturated heterocycles. The second-order valence-corrected chi connectivity index (χ2v) is 7.71. The summed E-state index contributed by atoms with van der Waals surface area (Å²) in [6, 6.07) is 17.9. The van der Waals surface area contributed by atoms with Crippen molar-refractivity contribution in [1.82, 2.24) is 10.0 Å². The molecule has 0 spiro atoms. The van der Waals surface area contributed by atoms with Crippen molar-refractivity contribution in [3.8, 4) is 0 Å². The SMILES string of the molecule is CNS(=O)(=O)Cc1ccc(CNC/C(C)=C\c2ccccc2)cc1. The van der Waals surface area contributed by atoms with Gasteiger partial charge in [0.2, 0.25) is 10.0 Å². The number of sulfonamides is 1. The molecule has 0 fully saturated rings. The van der Waals surface area contributed by atoms with E-state index in [2.05, 4.69) is 35.2 Å². The third-order valence-corrected chi connectivity index (χ3v) is 4.97. The van der Waals surface area contributed by atoms with E-state index in [1.807, 2.05) is 42.5 Å². The Bertz CT molecular complexity index is 767. The molecule has 2 aromatic carbocycles. The molecule has 4 nitrogen and oxygen atoms in total. The van der Waals surface area contributed by atoms with Gasteiger partial charge in [-0.3, -0.25) is 0 Å². The molecule has 0 radical (unpaired) electrons. The van der Waals surface area contributed by atoms with Crippen LogP contribution in [0.3, 0.4) is 0 Å². The van der Waals surface area contributed by atoms with Gasteiger partial charge in [-0.15, -0.1) is 0 Å². The van der Waals surface area contributed by atoms with Gasteiger partial charge in [0.05, 0.1) is 5.75 Å². The highest BCUT2D eigenvalue weighted by Gasteiger charge is 2.07. The fraction of sp³-hybridized carbons (Fsp3) is 0.263. The number of hydrogen-bond donors (Lipinski definition) is 2. The summed E-state index contributed by atoms with van der Waals surface area (Å²) < 4.78 is 25.4. The molecule has 128 valence electrons. The Morgan fingerprint density at radius 2 is 1.62 bits per heavy atom. The molecule has 0 atom stereocenters. The lowest BCUT2D eigenvalue weighted by Crippen LogP contribution is -2.20. The van der Waals surface area contributed by atoms with Crippen LogP contribution in [0.2, 0.25) is 0 Å². The lowest BCUT2D eigenvalue weighted by Gasteiger charge is -2.07. The number of hydrogen-bond acceptors (Lipinski definition) is 3. The molecule has 2 N–H and O–H groups in total. The van der Waals surface area contributed by atoms with E-state index in [4.69, 9.17) is 0 Å². The maximum absolute atomic E-state index is 11.5. The van der Waals surface area contributed by atoms with Crippen LogP contribution in [0.1, 0.15) is 23.6 Å². The molecule has 0 aliphatic rings. The summed E-state index contributed by atoms with van der Waals surface area (Å²) in [4.78, 5) is 0. The van der Waals surface area contributed by atoms with Crippen molar-refractivity contribution in [3.63, 3.8) is 0 Å². The van der Waals surface area contributed by atoms with Crippen molar-refractivity contribution in [2.75, 3.05) is 13.6 Å². The van der Waals surface area contributed by atoms with Crippen molar-refractivity contribution in [3.05, 3.63) is 76.9 Å². The van der Waals surface area contributed by atoms with E-state index in [1.54, 1.807) is 0 Å². The predicted octanol–water partition coefficient (Wildman–Crippen LogP) is 2.93. The van der Waals surface area contributed by atoms with E-state index in [1.165, 1.54) is 18.2 Å². The van der Waals surface area contributed by atoms with E-state index >= 15 is 0 Å². The zero-order chi connectivity index (χ0) is 17.4. The second-order valence-electron chi connectivity index (χ2n) is 5.78. The lowest BCUT2D eigenvalue weighted by molar-refractivity contribution is 0.587. The van der Waals surface area contributed by atoms with Crippen molar-refractivity contribution >= 4 is 16.1 Å². The van der Waals surface area contributed by atoms with E-state index in [0.29, 0.717) is 0 Å². The van der Waals surface area contributed by atoms with Gasteiger partial charge < -0.3 is 5.32 Å². The van der Waals surface area contributed by atoms with Crippen LogP contribution in [0, 0.1) is 0 Å². The molecule has 5 heteroatoms. The van der Waals surface area contributed by atoms with Crippen LogP contribution < -0.4 is 10.0 Å². The summed E-state index contributed by atoms with van der Waals surface area (Å²) in [5, 5.41) is 3.40. The normalized spacial score (nSPS) is 12.3. The average Bonchev–Trinajstić information content (AvgIpc) is 2.57. The lowest BCUT2D eigenvalue weighted by atomic mass is 10.1. The molecule has 0 saturated carbocycles. The maximum atomic E-state index is 11.5. The number of rotatable bonds is 8. The van der Waals surface area contributed by atoms with Crippen molar-refractivity contribution in [1.29, 1.82) is 0 Å². The average molecular weight is 344 g/mol. The van der Waals surface area contributed by atoms with Crippen LogP contribution in [-0.4, -0.2) is 22.0 Å². The van der Waals surface area contributed by atoms with Gasteiger partial charge in [-0.1, -0.05) is 66.2 Å². The van der Waals surface area contributed by atoms with Gasteiger partial charge in [0.1, 0.15) is 0 Å². The molecule has 2 rings (SSSR count). The van der Waals surface area contributed by atoms with Crippen LogP contribution >= 0.6 is 0 Å². The van der Waals surface area contributed by atoms with Gasteiger partial charge in [-0.25, -0.2) is 13.1 Å². The Hall–Kier alpha value is -1.95. The van der Waals surface area contributed by atoms with Gasteiger partial charge in [-0.05, 0) is 30.7 Å². The first-order valence-corrected chi connectivity index (χ1v) is 9.56. The molecule has 2 aromatic rings. The van der Waals surface area contributed by atoms with E-state index < -0.39 is 10.0 Å². The molecule has 0 unspecified atom stereocenters. The van der Waals surface area contributed by atoms with E-state index in [0.717, 1.165) is 24.2 Å². The molecule has 0 heterocycles. The first-order chi connectivity index (χ1) is 11.5. The molecular weight excluding hydrogens is 320 g/mol. The molecule has 0 aromatic heterocycles. The van der Waals surface area contributed by atoms with Crippen LogP contribution in [0.25, 0.3) is 6.08 Å². The minimum Gasteiger partial charge on any atom is -0.309 e. The first-order valence-electron chi connectivity index (χ1n) is 7.90. The third kappa shape index (κ3) is 6.28. The van der Waals surface area contributed by atoms with Crippen molar-refractivity contribution < 1.29 is 8.42 Å². The van der Waals surface area contributed by atoms with Gasteiger partial charge in [0.15, 0.2) is 0 Å². The zero-order valence-electron chi connectivity index (χ0n) is 14.1. The Morgan fingerprint density at radius 3 is 2.25 bits per heavy atom. The van der Waals surface area contributed by atoms with Crippen LogP contribution in [0.5, 0.6) is 0 Å². The fourth-order valence-corrected chi connectivity index (χ4v) is 3.11. The molecular formula is C19H24N2O2S. The fourth-order valence-electron chi connectivity index (χ4n) is 2.33. The summed E-state index contributed by atoms with van der Waals surface area (Å²) in [6.45, 7) is 3.66. The minimum atomic E-state index is -3.22. The van der Waals surface area contributed by atoms with E-state index in [-0.39, 0.29) is 5.75 Å². The Morgan fingerprint density at radius 1 is 1.00 bits per heavy atom. The first kappa shape index (κ1) is 18.4. The van der Waals surface area contributed by atoms with Gasteiger partial charge in [0.25, 0.3) is 0 Å². The molecule has 24 heavy (non-hydrogen) atoms. The zero-order valence-corrected chi connectivity index (χ0v) is 14.9. The number of nitrogens with one attached hydrogen (secondary N) is 2. The van der Waals surface area contributed by atoms with E-state index in [9.17, 15) is 8.42 Å². The van der Waals surface area contributed by atoms with Crippen LogP contribution in [-0.2, 0) is 22.3 Å². The summed E-state index contributed by atoms with van der Waals surface area (Å²) in [6.07, 6.45) is 2.17. The smallest absolute Gasteiger partial charge is 0.215 e. The number of benzene rings is 2. The summed E-state index contributed by atoms with van der Waals surface area (Å²) in [7, 11) is -1.79. The molecule has 0 amide bonds. The Labute approximate surface area is 144 Å². The van der Waals surface area contributed by atoms with Gasteiger partial charge >= 0.3 is 0 Å². The maximum Gasteiger partial charge on any atom is 0.215 e. The largest absolute Gasteiger partial charge is 0.309 e. The predicted molar refractivity (Wildman–Crippen MR) is 99.9 cm³/mol. The van der Waals surface area contributed by atoms with Crippen molar-refractivity contribution in [2.45, 2.75) is 19.2 Å². The quantitative estimate of drug-likeness (QED) is 0.774. The Kier molecular flexibility index (Phi) is 6.73. The van der Waals surface area contributed by atoms with Crippen LogP contribution in [0.4, 0.5) is 0 Å². The monoisotopic (exact) mass is 344 g/mol. The minimum absolute atomic E-state index is 0.0100. The molecule has 0 bridgehead atoms. The summed E-state index contributed by atoms with van der Waals surface area (Å²) >= 11 is 0. The van der Waals surface area contributed by atoms with Gasteiger partial charge in [0, 0.05) is 13.1 Å². The Balaban J connectivity index is 1.83. The second kappa shape index (κ2) is 8.78. The van der Waals surface area contributed by atoms with Crippen LogP contribution in [0.15, 0.2) is 60.2 Å².